The topological polar surface area (TPSA) is 44.3 Å². The second kappa shape index (κ2) is 8.04. The number of aromatic nitrogens is 2. The molecule has 0 bridgehead atoms. The maximum atomic E-state index is 4.83. The summed E-state index contributed by atoms with van der Waals surface area (Å²) in [5.74, 6) is 2.16. The Hall–Kier alpha value is -2.14. The Morgan fingerprint density at radius 2 is 1.81 bits per heavy atom. The fourth-order valence-electron chi connectivity index (χ4n) is 3.52. The van der Waals surface area contributed by atoms with Crippen LogP contribution in [0.25, 0.3) is 0 Å². The first kappa shape index (κ1) is 18.6. The van der Waals surface area contributed by atoms with Crippen LogP contribution in [0.15, 0.2) is 24.3 Å². The van der Waals surface area contributed by atoms with Crippen LogP contribution in [0.3, 0.4) is 0 Å². The van der Waals surface area contributed by atoms with Gasteiger partial charge in [0.15, 0.2) is 0 Å². The summed E-state index contributed by atoms with van der Waals surface area (Å²) in [4.78, 5) is 14.3. The quantitative estimate of drug-likeness (QED) is 0.877. The van der Waals surface area contributed by atoms with Gasteiger partial charge in [0.2, 0.25) is 5.95 Å². The molecule has 0 aliphatic carbocycles. The van der Waals surface area contributed by atoms with Crippen molar-refractivity contribution in [2.75, 3.05) is 42.9 Å². The lowest BCUT2D eigenvalue weighted by Crippen LogP contribution is -2.46. The zero-order valence-corrected chi connectivity index (χ0v) is 16.7. The van der Waals surface area contributed by atoms with Crippen molar-refractivity contribution in [3.8, 4) is 0 Å². The van der Waals surface area contributed by atoms with E-state index in [0.29, 0.717) is 11.9 Å². The molecule has 3 rings (SSSR count). The maximum Gasteiger partial charge on any atom is 0.229 e. The first-order valence-corrected chi connectivity index (χ1v) is 9.67. The summed E-state index contributed by atoms with van der Waals surface area (Å²) in [6.45, 7) is 16.2. The van der Waals surface area contributed by atoms with E-state index < -0.39 is 0 Å². The predicted octanol–water partition coefficient (Wildman–Crippen LogP) is 4.10. The Morgan fingerprint density at radius 3 is 2.46 bits per heavy atom. The molecule has 0 atom stereocenters. The highest BCUT2D eigenvalue weighted by Gasteiger charge is 2.18. The van der Waals surface area contributed by atoms with Crippen LogP contribution in [-0.4, -0.2) is 47.6 Å². The van der Waals surface area contributed by atoms with E-state index >= 15 is 0 Å². The molecule has 1 saturated heterocycles. The van der Waals surface area contributed by atoms with Crippen molar-refractivity contribution in [2.24, 2.45) is 0 Å². The monoisotopic (exact) mass is 353 g/mol. The molecule has 1 aliphatic heterocycles. The molecular formula is C21H31N5. The minimum atomic E-state index is 0.448. The Kier molecular flexibility index (Phi) is 5.77. The number of nitrogens with one attached hydrogen (secondary N) is 1. The van der Waals surface area contributed by atoms with Gasteiger partial charge in [0, 0.05) is 43.6 Å². The van der Waals surface area contributed by atoms with Gasteiger partial charge in [-0.1, -0.05) is 39.0 Å². The molecule has 1 aliphatic rings. The van der Waals surface area contributed by atoms with E-state index in [4.69, 9.17) is 4.98 Å². The first-order chi connectivity index (χ1) is 12.5. The Bertz CT molecular complexity index is 748. The highest BCUT2D eigenvalue weighted by molar-refractivity contribution is 5.65. The van der Waals surface area contributed by atoms with Crippen LogP contribution >= 0.6 is 0 Å². The van der Waals surface area contributed by atoms with E-state index in [0.717, 1.165) is 49.9 Å². The summed E-state index contributed by atoms with van der Waals surface area (Å²) >= 11 is 0. The number of aryl methyl sites for hydroxylation is 2. The fraction of sp³-hybridized carbons (Fsp3) is 0.524. The standard InChI is InChI=1S/C21H31N5/c1-6-25-10-12-26(13-11-25)19-14-17(5)22-21(23-19)24-20-16(4)8-7-9-18(20)15(2)3/h7-9,14-15H,6,10-13H2,1-5H3,(H,22,23,24). The van der Waals surface area contributed by atoms with Gasteiger partial charge in [-0.2, -0.15) is 4.98 Å². The highest BCUT2D eigenvalue weighted by atomic mass is 15.3. The lowest BCUT2D eigenvalue weighted by molar-refractivity contribution is 0.270. The van der Waals surface area contributed by atoms with Crippen LogP contribution in [0.5, 0.6) is 0 Å². The molecule has 0 saturated carbocycles. The number of hydrogen-bond acceptors (Lipinski definition) is 5. The smallest absolute Gasteiger partial charge is 0.229 e. The molecule has 0 radical (unpaired) electrons. The van der Waals surface area contributed by atoms with Crippen LogP contribution in [0, 0.1) is 13.8 Å². The van der Waals surface area contributed by atoms with Crippen LogP contribution in [-0.2, 0) is 0 Å². The fourth-order valence-corrected chi connectivity index (χ4v) is 3.52. The molecule has 5 heteroatoms. The van der Waals surface area contributed by atoms with Gasteiger partial charge in [0.25, 0.3) is 0 Å². The van der Waals surface area contributed by atoms with Crippen molar-refractivity contribution in [2.45, 2.75) is 40.5 Å². The zero-order valence-electron chi connectivity index (χ0n) is 16.7. The molecule has 5 nitrogen and oxygen atoms in total. The van der Waals surface area contributed by atoms with Crippen molar-refractivity contribution in [1.82, 2.24) is 14.9 Å². The van der Waals surface area contributed by atoms with Crippen LogP contribution in [0.1, 0.15) is 43.5 Å². The van der Waals surface area contributed by atoms with E-state index in [1.54, 1.807) is 0 Å². The summed E-state index contributed by atoms with van der Waals surface area (Å²) in [6.07, 6.45) is 0. The van der Waals surface area contributed by atoms with E-state index in [1.807, 2.05) is 6.92 Å². The molecule has 1 aromatic heterocycles. The molecule has 0 unspecified atom stereocenters. The Morgan fingerprint density at radius 1 is 1.08 bits per heavy atom. The van der Waals surface area contributed by atoms with Crippen molar-refractivity contribution >= 4 is 17.5 Å². The van der Waals surface area contributed by atoms with E-state index in [1.165, 1.54) is 11.1 Å². The number of rotatable bonds is 5. The first-order valence-electron chi connectivity index (χ1n) is 9.67. The molecular weight excluding hydrogens is 322 g/mol. The number of benzene rings is 1. The molecule has 1 N–H and O–H groups in total. The van der Waals surface area contributed by atoms with Gasteiger partial charge >= 0.3 is 0 Å². The summed E-state index contributed by atoms with van der Waals surface area (Å²) < 4.78 is 0. The lowest BCUT2D eigenvalue weighted by Gasteiger charge is -2.34. The largest absolute Gasteiger partial charge is 0.354 e. The van der Waals surface area contributed by atoms with Gasteiger partial charge in [0.05, 0.1) is 0 Å². The third kappa shape index (κ3) is 4.15. The summed E-state index contributed by atoms with van der Waals surface area (Å²) in [5.41, 5.74) is 4.65. The van der Waals surface area contributed by atoms with Gasteiger partial charge < -0.3 is 15.1 Å². The lowest BCUT2D eigenvalue weighted by atomic mass is 9.98. The number of anilines is 3. The molecule has 0 amide bonds. The van der Waals surface area contributed by atoms with Crippen LogP contribution < -0.4 is 10.2 Å². The van der Waals surface area contributed by atoms with Crippen molar-refractivity contribution in [3.63, 3.8) is 0 Å². The molecule has 1 aromatic carbocycles. The van der Waals surface area contributed by atoms with Crippen molar-refractivity contribution in [3.05, 3.63) is 41.1 Å². The second-order valence-corrected chi connectivity index (χ2v) is 7.43. The molecule has 26 heavy (non-hydrogen) atoms. The van der Waals surface area contributed by atoms with Gasteiger partial charge in [0.1, 0.15) is 5.82 Å². The molecule has 2 aromatic rings. The minimum Gasteiger partial charge on any atom is -0.354 e. The average molecular weight is 354 g/mol. The summed E-state index contributed by atoms with van der Waals surface area (Å²) in [5, 5.41) is 3.50. The van der Waals surface area contributed by atoms with Gasteiger partial charge in [-0.15, -0.1) is 0 Å². The van der Waals surface area contributed by atoms with Gasteiger partial charge in [-0.05, 0) is 37.4 Å². The zero-order chi connectivity index (χ0) is 18.7. The number of piperazine rings is 1. The average Bonchev–Trinajstić information content (AvgIpc) is 2.63. The van der Waals surface area contributed by atoms with Gasteiger partial charge in [-0.25, -0.2) is 4.98 Å². The molecule has 140 valence electrons. The maximum absolute atomic E-state index is 4.83. The minimum absolute atomic E-state index is 0.448. The van der Waals surface area contributed by atoms with Gasteiger partial charge in [-0.3, -0.25) is 0 Å². The summed E-state index contributed by atoms with van der Waals surface area (Å²) in [6, 6.07) is 8.52. The SMILES string of the molecule is CCN1CCN(c2cc(C)nc(Nc3c(C)cccc3C(C)C)n2)CC1. The van der Waals surface area contributed by atoms with Crippen LogP contribution in [0.4, 0.5) is 17.5 Å². The number of hydrogen-bond donors (Lipinski definition) is 1. The normalized spacial score (nSPS) is 15.5. The Labute approximate surface area is 157 Å². The molecule has 1 fully saturated rings. The van der Waals surface area contributed by atoms with Crippen molar-refractivity contribution in [1.29, 1.82) is 0 Å². The second-order valence-electron chi connectivity index (χ2n) is 7.43. The molecule has 2 heterocycles. The van der Waals surface area contributed by atoms with Crippen molar-refractivity contribution < 1.29 is 0 Å². The number of likely N-dealkylation sites (N-methyl/N-ethyl adjacent to an activating group) is 1. The van der Waals surface area contributed by atoms with Crippen LogP contribution in [0.2, 0.25) is 0 Å². The Balaban J connectivity index is 1.85. The third-order valence-corrected chi connectivity index (χ3v) is 5.15. The highest BCUT2D eigenvalue weighted by Crippen LogP contribution is 2.30. The number of nitrogens with zero attached hydrogens (tertiary/aromatic N) is 4. The molecule has 0 spiro atoms. The summed E-state index contributed by atoms with van der Waals surface area (Å²) in [7, 11) is 0. The van der Waals surface area contributed by atoms with E-state index in [9.17, 15) is 0 Å². The predicted molar refractivity (Wildman–Crippen MR) is 110 cm³/mol. The van der Waals surface area contributed by atoms with E-state index in [-0.39, 0.29) is 0 Å². The third-order valence-electron chi connectivity index (χ3n) is 5.15. The van der Waals surface area contributed by atoms with E-state index in [2.05, 4.69) is 72.1 Å². The number of para-hydroxylation sites is 1.